The summed E-state index contributed by atoms with van der Waals surface area (Å²) in [6, 6.07) is 18.2. The molecule has 0 radical (unpaired) electrons. The average molecular weight is 430 g/mol. The molecule has 1 aliphatic heterocycles. The van der Waals surface area contributed by atoms with E-state index in [1.165, 1.54) is 24.3 Å². The van der Waals surface area contributed by atoms with Crippen molar-refractivity contribution in [1.29, 1.82) is 0 Å². The summed E-state index contributed by atoms with van der Waals surface area (Å²) in [5.41, 5.74) is 3.82. The number of anilines is 2. The fourth-order valence-corrected chi connectivity index (χ4v) is 3.79. The summed E-state index contributed by atoms with van der Waals surface area (Å²) in [7, 11) is 0. The lowest BCUT2D eigenvalue weighted by molar-refractivity contribution is -0.120. The number of nitrogens with zero attached hydrogens (tertiary/aromatic N) is 1. The smallest absolute Gasteiger partial charge is 0.282 e. The summed E-state index contributed by atoms with van der Waals surface area (Å²) in [4.78, 5) is 28.1. The maximum atomic E-state index is 13.5. The highest BCUT2D eigenvalue weighted by molar-refractivity contribution is 6.46. The first-order valence-corrected chi connectivity index (χ1v) is 10.3. The van der Waals surface area contributed by atoms with Crippen molar-refractivity contribution in [2.24, 2.45) is 0 Å². The summed E-state index contributed by atoms with van der Waals surface area (Å²) in [6.07, 6.45) is 0. The molecule has 4 rings (SSSR count). The zero-order chi connectivity index (χ0) is 22.8. The standard InChI is InChI=1S/C26H23FN2O3/c1-4-32-22-11-9-20(10-12-22)28-24-23(18-5-7-19(27)8-6-18)25(30)29(26(24)31)21-14-16(2)13-17(3)15-21/h5-15,28H,4H2,1-3H3. The number of imide groups is 1. The van der Waals surface area contributed by atoms with Crippen LogP contribution in [-0.4, -0.2) is 18.4 Å². The van der Waals surface area contributed by atoms with Crippen molar-refractivity contribution in [2.45, 2.75) is 20.8 Å². The van der Waals surface area contributed by atoms with Crippen molar-refractivity contribution < 1.29 is 18.7 Å². The molecule has 0 aromatic heterocycles. The molecule has 3 aromatic rings. The lowest BCUT2D eigenvalue weighted by Crippen LogP contribution is -2.32. The summed E-state index contributed by atoms with van der Waals surface area (Å²) in [5.74, 6) is -0.636. The second kappa shape index (κ2) is 8.67. The van der Waals surface area contributed by atoms with Crippen LogP contribution < -0.4 is 15.0 Å². The molecule has 0 saturated carbocycles. The molecule has 1 heterocycles. The van der Waals surface area contributed by atoms with Gasteiger partial charge in [-0.3, -0.25) is 9.59 Å². The van der Waals surface area contributed by atoms with Gasteiger partial charge in [0, 0.05) is 5.69 Å². The second-order valence-electron chi connectivity index (χ2n) is 7.63. The molecule has 32 heavy (non-hydrogen) atoms. The molecule has 0 spiro atoms. The van der Waals surface area contributed by atoms with E-state index in [1.54, 1.807) is 36.4 Å². The Morgan fingerprint density at radius 1 is 0.875 bits per heavy atom. The van der Waals surface area contributed by atoms with Gasteiger partial charge in [-0.05, 0) is 86.0 Å². The predicted octanol–water partition coefficient (Wildman–Crippen LogP) is 5.24. The van der Waals surface area contributed by atoms with Crippen LogP contribution in [-0.2, 0) is 9.59 Å². The first-order valence-electron chi connectivity index (χ1n) is 10.3. The summed E-state index contributed by atoms with van der Waals surface area (Å²) in [6.45, 7) is 6.27. The van der Waals surface area contributed by atoms with Crippen LogP contribution in [0, 0.1) is 19.7 Å². The highest BCUT2D eigenvalue weighted by Gasteiger charge is 2.40. The average Bonchev–Trinajstić information content (AvgIpc) is 2.99. The van der Waals surface area contributed by atoms with Gasteiger partial charge >= 0.3 is 0 Å². The highest BCUT2D eigenvalue weighted by Crippen LogP contribution is 2.34. The summed E-state index contributed by atoms with van der Waals surface area (Å²) >= 11 is 0. The predicted molar refractivity (Wildman–Crippen MR) is 123 cm³/mol. The molecule has 0 aliphatic carbocycles. The molecule has 0 bridgehead atoms. The largest absolute Gasteiger partial charge is 0.494 e. The first kappa shape index (κ1) is 21.3. The van der Waals surface area contributed by atoms with Gasteiger partial charge < -0.3 is 10.1 Å². The number of aryl methyl sites for hydroxylation is 2. The molecule has 0 atom stereocenters. The van der Waals surface area contributed by atoms with Crippen molar-refractivity contribution in [3.8, 4) is 5.75 Å². The Labute approximate surface area is 186 Å². The van der Waals surface area contributed by atoms with E-state index in [0.29, 0.717) is 29.3 Å². The number of halogens is 1. The van der Waals surface area contributed by atoms with Crippen molar-refractivity contribution in [3.63, 3.8) is 0 Å². The molecule has 3 aromatic carbocycles. The van der Waals surface area contributed by atoms with E-state index < -0.39 is 17.6 Å². The van der Waals surface area contributed by atoms with Gasteiger partial charge in [-0.1, -0.05) is 18.2 Å². The minimum absolute atomic E-state index is 0.143. The Kier molecular flexibility index (Phi) is 5.77. The normalized spacial score (nSPS) is 13.7. The number of hydrogen-bond donors (Lipinski definition) is 1. The van der Waals surface area contributed by atoms with Crippen LogP contribution in [0.4, 0.5) is 15.8 Å². The van der Waals surface area contributed by atoms with Gasteiger partial charge in [0.1, 0.15) is 17.3 Å². The van der Waals surface area contributed by atoms with Gasteiger partial charge in [0.2, 0.25) is 0 Å². The van der Waals surface area contributed by atoms with E-state index in [4.69, 9.17) is 4.74 Å². The van der Waals surface area contributed by atoms with Crippen LogP contribution in [0.15, 0.2) is 72.4 Å². The van der Waals surface area contributed by atoms with Crippen molar-refractivity contribution in [2.75, 3.05) is 16.8 Å². The van der Waals surface area contributed by atoms with Crippen LogP contribution in [0.2, 0.25) is 0 Å². The summed E-state index contributed by atoms with van der Waals surface area (Å²) < 4.78 is 19.0. The van der Waals surface area contributed by atoms with Gasteiger partial charge in [0.15, 0.2) is 0 Å². The lowest BCUT2D eigenvalue weighted by atomic mass is 10.0. The Bertz CT molecular complexity index is 1190. The monoisotopic (exact) mass is 430 g/mol. The molecule has 2 amide bonds. The third kappa shape index (κ3) is 4.12. The van der Waals surface area contributed by atoms with Gasteiger partial charge in [-0.25, -0.2) is 9.29 Å². The minimum Gasteiger partial charge on any atom is -0.494 e. The Hall–Kier alpha value is -3.93. The maximum absolute atomic E-state index is 13.5. The van der Waals surface area contributed by atoms with Crippen LogP contribution >= 0.6 is 0 Å². The van der Waals surface area contributed by atoms with E-state index in [1.807, 2.05) is 26.8 Å². The third-order valence-electron chi connectivity index (χ3n) is 5.12. The van der Waals surface area contributed by atoms with Crippen LogP contribution in [0.5, 0.6) is 5.75 Å². The molecular formula is C26H23FN2O3. The van der Waals surface area contributed by atoms with Gasteiger partial charge in [-0.15, -0.1) is 0 Å². The molecule has 5 nitrogen and oxygen atoms in total. The topological polar surface area (TPSA) is 58.6 Å². The molecule has 6 heteroatoms. The van der Waals surface area contributed by atoms with E-state index in [9.17, 15) is 14.0 Å². The van der Waals surface area contributed by atoms with Crippen LogP contribution in [0.1, 0.15) is 23.6 Å². The molecule has 1 aliphatic rings. The first-order chi connectivity index (χ1) is 15.4. The zero-order valence-electron chi connectivity index (χ0n) is 18.1. The van der Waals surface area contributed by atoms with E-state index in [0.717, 1.165) is 16.0 Å². The lowest BCUT2D eigenvalue weighted by Gasteiger charge is -2.17. The van der Waals surface area contributed by atoms with Gasteiger partial charge in [0.05, 0.1) is 17.9 Å². The number of amides is 2. The zero-order valence-corrected chi connectivity index (χ0v) is 18.1. The van der Waals surface area contributed by atoms with Crippen molar-refractivity contribution in [3.05, 3.63) is 94.9 Å². The third-order valence-corrected chi connectivity index (χ3v) is 5.12. The fraction of sp³-hybridized carbons (Fsp3) is 0.154. The van der Waals surface area contributed by atoms with E-state index >= 15 is 0 Å². The van der Waals surface area contributed by atoms with Crippen LogP contribution in [0.3, 0.4) is 0 Å². The molecular weight excluding hydrogens is 407 g/mol. The number of ether oxygens (including phenoxy) is 1. The molecule has 0 saturated heterocycles. The Morgan fingerprint density at radius 2 is 1.50 bits per heavy atom. The number of nitrogens with one attached hydrogen (secondary N) is 1. The number of carbonyl (C=O) groups is 2. The van der Waals surface area contributed by atoms with E-state index in [2.05, 4.69) is 5.32 Å². The number of benzene rings is 3. The highest BCUT2D eigenvalue weighted by atomic mass is 19.1. The minimum atomic E-state index is -0.465. The Morgan fingerprint density at radius 3 is 2.09 bits per heavy atom. The maximum Gasteiger partial charge on any atom is 0.282 e. The SMILES string of the molecule is CCOc1ccc(NC2=C(c3ccc(F)cc3)C(=O)N(c3cc(C)cc(C)c3)C2=O)cc1. The molecule has 1 N–H and O–H groups in total. The molecule has 0 fully saturated rings. The number of carbonyl (C=O) groups excluding carboxylic acids is 2. The number of rotatable bonds is 6. The Balaban J connectivity index is 1.78. The van der Waals surface area contributed by atoms with Gasteiger partial charge in [0.25, 0.3) is 11.8 Å². The molecule has 162 valence electrons. The van der Waals surface area contributed by atoms with Gasteiger partial charge in [-0.2, -0.15) is 0 Å². The number of hydrogen-bond acceptors (Lipinski definition) is 4. The molecule has 0 unspecified atom stereocenters. The fourth-order valence-electron chi connectivity index (χ4n) is 3.79. The quantitative estimate of drug-likeness (QED) is 0.544. The second-order valence-corrected chi connectivity index (χ2v) is 7.63. The van der Waals surface area contributed by atoms with Crippen LogP contribution in [0.25, 0.3) is 5.57 Å². The van der Waals surface area contributed by atoms with E-state index in [-0.39, 0.29) is 11.3 Å². The summed E-state index contributed by atoms with van der Waals surface area (Å²) in [5, 5.41) is 3.10. The van der Waals surface area contributed by atoms with Crippen molar-refractivity contribution >= 4 is 28.8 Å². The van der Waals surface area contributed by atoms with Crippen molar-refractivity contribution in [1.82, 2.24) is 0 Å².